The van der Waals surface area contributed by atoms with Crippen LogP contribution in [0.1, 0.15) is 39.8 Å². The van der Waals surface area contributed by atoms with Crippen LogP contribution in [0.5, 0.6) is 0 Å². The standard InChI is InChI=1S/C14H19N5O3/c1-7(2)12(20)17-14-16-11-10(13(21)18-14)15-6-19(11)9-5-4-8(3)22-9/h6-9H,4-5H2,1-3H3,(H2,16,17,18,20,21)/t8-,9-/m1/s1. The second-order valence-electron chi connectivity index (χ2n) is 5.86. The van der Waals surface area contributed by atoms with Gasteiger partial charge in [-0.25, -0.2) is 4.98 Å². The number of H-pyrrole nitrogens is 1. The molecule has 0 radical (unpaired) electrons. The number of hydrogen-bond acceptors (Lipinski definition) is 5. The predicted molar refractivity (Wildman–Crippen MR) is 80.4 cm³/mol. The number of rotatable bonds is 3. The molecule has 1 amide bonds. The van der Waals surface area contributed by atoms with Crippen LogP contribution in [0.4, 0.5) is 5.95 Å². The van der Waals surface area contributed by atoms with Gasteiger partial charge in [-0.3, -0.25) is 24.5 Å². The maximum absolute atomic E-state index is 12.1. The molecular weight excluding hydrogens is 286 g/mol. The fraction of sp³-hybridized carbons (Fsp3) is 0.571. The summed E-state index contributed by atoms with van der Waals surface area (Å²) in [7, 11) is 0. The average Bonchev–Trinajstić information content (AvgIpc) is 3.04. The molecule has 0 unspecified atom stereocenters. The Morgan fingerprint density at radius 2 is 2.27 bits per heavy atom. The van der Waals surface area contributed by atoms with Crippen LogP contribution in [0, 0.1) is 5.92 Å². The topological polar surface area (TPSA) is 102 Å². The molecule has 0 aromatic carbocycles. The summed E-state index contributed by atoms with van der Waals surface area (Å²) in [6.45, 7) is 5.54. The molecule has 3 heterocycles. The number of amides is 1. The predicted octanol–water partition coefficient (Wildman–Crippen LogP) is 1.41. The van der Waals surface area contributed by atoms with Gasteiger partial charge in [0, 0.05) is 5.92 Å². The summed E-state index contributed by atoms with van der Waals surface area (Å²) in [5, 5.41) is 2.60. The quantitative estimate of drug-likeness (QED) is 0.892. The fourth-order valence-electron chi connectivity index (χ4n) is 2.44. The summed E-state index contributed by atoms with van der Waals surface area (Å²) in [4.78, 5) is 34.8. The largest absolute Gasteiger partial charge is 0.355 e. The zero-order valence-corrected chi connectivity index (χ0v) is 12.8. The van der Waals surface area contributed by atoms with Crippen molar-refractivity contribution in [3.05, 3.63) is 16.7 Å². The SMILES string of the molecule is CC(C)C(=O)Nc1nc2c(ncn2[C@H]2CC[C@@H](C)O2)c(=O)[nH]1. The van der Waals surface area contributed by atoms with Crippen molar-refractivity contribution in [2.24, 2.45) is 5.92 Å². The van der Waals surface area contributed by atoms with E-state index in [9.17, 15) is 9.59 Å². The van der Waals surface area contributed by atoms with Crippen molar-refractivity contribution in [3.8, 4) is 0 Å². The molecule has 8 nitrogen and oxygen atoms in total. The van der Waals surface area contributed by atoms with Gasteiger partial charge in [-0.15, -0.1) is 0 Å². The second kappa shape index (κ2) is 5.53. The summed E-state index contributed by atoms with van der Waals surface area (Å²) < 4.78 is 7.55. The van der Waals surface area contributed by atoms with Gasteiger partial charge in [0.15, 0.2) is 11.2 Å². The normalized spacial score (nSPS) is 21.6. The molecule has 2 aromatic heterocycles. The third-order valence-electron chi connectivity index (χ3n) is 3.72. The van der Waals surface area contributed by atoms with Gasteiger partial charge in [0.1, 0.15) is 6.23 Å². The maximum Gasteiger partial charge on any atom is 0.280 e. The highest BCUT2D eigenvalue weighted by atomic mass is 16.5. The molecule has 1 saturated heterocycles. The van der Waals surface area contributed by atoms with Gasteiger partial charge in [0.05, 0.1) is 12.4 Å². The van der Waals surface area contributed by atoms with Crippen LogP contribution in [-0.4, -0.2) is 31.5 Å². The Morgan fingerprint density at radius 3 is 2.91 bits per heavy atom. The molecule has 1 aliphatic heterocycles. The Hall–Kier alpha value is -2.22. The molecule has 1 aliphatic rings. The van der Waals surface area contributed by atoms with Crippen LogP contribution in [0.15, 0.2) is 11.1 Å². The lowest BCUT2D eigenvalue weighted by Crippen LogP contribution is -2.22. The van der Waals surface area contributed by atoms with E-state index in [-0.39, 0.29) is 41.2 Å². The first kappa shape index (κ1) is 14.7. The minimum Gasteiger partial charge on any atom is -0.355 e. The highest BCUT2D eigenvalue weighted by Gasteiger charge is 2.26. The van der Waals surface area contributed by atoms with E-state index < -0.39 is 0 Å². The average molecular weight is 305 g/mol. The molecule has 118 valence electrons. The van der Waals surface area contributed by atoms with Crippen molar-refractivity contribution in [1.82, 2.24) is 19.5 Å². The molecule has 0 spiro atoms. The summed E-state index contributed by atoms with van der Waals surface area (Å²) in [5.74, 6) is -0.284. The molecular formula is C14H19N5O3. The third kappa shape index (κ3) is 2.61. The minimum atomic E-state index is -0.381. The number of carbonyl (C=O) groups is 1. The smallest absolute Gasteiger partial charge is 0.280 e. The molecule has 3 rings (SSSR count). The third-order valence-corrected chi connectivity index (χ3v) is 3.72. The Balaban J connectivity index is 2.00. The highest BCUT2D eigenvalue weighted by molar-refractivity contribution is 5.91. The van der Waals surface area contributed by atoms with Gasteiger partial charge < -0.3 is 4.74 Å². The number of imidazole rings is 1. The van der Waals surface area contributed by atoms with E-state index in [0.29, 0.717) is 5.65 Å². The van der Waals surface area contributed by atoms with E-state index in [1.54, 1.807) is 24.7 Å². The van der Waals surface area contributed by atoms with E-state index in [4.69, 9.17) is 4.74 Å². The second-order valence-corrected chi connectivity index (χ2v) is 5.86. The Kier molecular flexibility index (Phi) is 3.69. The van der Waals surface area contributed by atoms with Gasteiger partial charge in [-0.05, 0) is 19.8 Å². The summed E-state index contributed by atoms with van der Waals surface area (Å²) in [6.07, 6.45) is 3.34. The minimum absolute atomic E-state index is 0.129. The van der Waals surface area contributed by atoms with Crippen molar-refractivity contribution in [3.63, 3.8) is 0 Å². The first-order chi connectivity index (χ1) is 10.5. The van der Waals surface area contributed by atoms with Crippen molar-refractivity contribution in [2.45, 2.75) is 45.9 Å². The Morgan fingerprint density at radius 1 is 1.50 bits per heavy atom. The monoisotopic (exact) mass is 305 g/mol. The Labute approximate surface area is 126 Å². The number of ether oxygens (including phenoxy) is 1. The molecule has 0 aliphatic carbocycles. The number of aromatic amines is 1. The molecule has 1 fully saturated rings. The van der Waals surface area contributed by atoms with Crippen molar-refractivity contribution >= 4 is 23.0 Å². The molecule has 0 saturated carbocycles. The number of carbonyl (C=O) groups excluding carboxylic acids is 1. The van der Waals surface area contributed by atoms with Gasteiger partial charge in [0.2, 0.25) is 11.9 Å². The van der Waals surface area contributed by atoms with Crippen LogP contribution in [-0.2, 0) is 9.53 Å². The van der Waals surface area contributed by atoms with Crippen LogP contribution < -0.4 is 10.9 Å². The van der Waals surface area contributed by atoms with E-state index in [2.05, 4.69) is 20.3 Å². The van der Waals surface area contributed by atoms with E-state index in [0.717, 1.165) is 12.8 Å². The summed E-state index contributed by atoms with van der Waals surface area (Å²) >= 11 is 0. The number of fused-ring (bicyclic) bond motifs is 1. The van der Waals surface area contributed by atoms with Crippen LogP contribution in [0.3, 0.4) is 0 Å². The first-order valence-corrected chi connectivity index (χ1v) is 7.39. The number of anilines is 1. The van der Waals surface area contributed by atoms with E-state index >= 15 is 0 Å². The lowest BCUT2D eigenvalue weighted by atomic mass is 10.2. The number of nitrogens with one attached hydrogen (secondary N) is 2. The molecule has 22 heavy (non-hydrogen) atoms. The van der Waals surface area contributed by atoms with E-state index in [1.165, 1.54) is 0 Å². The van der Waals surface area contributed by atoms with Crippen LogP contribution >= 0.6 is 0 Å². The van der Waals surface area contributed by atoms with Gasteiger partial charge in [-0.2, -0.15) is 4.98 Å². The lowest BCUT2D eigenvalue weighted by molar-refractivity contribution is -0.118. The van der Waals surface area contributed by atoms with Gasteiger partial charge in [-0.1, -0.05) is 13.8 Å². The van der Waals surface area contributed by atoms with Gasteiger partial charge >= 0.3 is 0 Å². The van der Waals surface area contributed by atoms with Crippen molar-refractivity contribution in [2.75, 3.05) is 5.32 Å². The van der Waals surface area contributed by atoms with Gasteiger partial charge in [0.25, 0.3) is 5.56 Å². The number of hydrogen-bond donors (Lipinski definition) is 2. The Bertz CT molecular complexity index is 763. The lowest BCUT2D eigenvalue weighted by Gasteiger charge is -2.13. The van der Waals surface area contributed by atoms with E-state index in [1.807, 2.05) is 6.92 Å². The fourth-order valence-corrected chi connectivity index (χ4v) is 2.44. The molecule has 0 bridgehead atoms. The maximum atomic E-state index is 12.1. The first-order valence-electron chi connectivity index (χ1n) is 7.39. The summed E-state index contributed by atoms with van der Waals surface area (Å²) in [5.41, 5.74) is 0.279. The zero-order valence-electron chi connectivity index (χ0n) is 12.8. The van der Waals surface area contributed by atoms with Crippen LogP contribution in [0.2, 0.25) is 0 Å². The number of aromatic nitrogens is 4. The summed E-state index contributed by atoms with van der Waals surface area (Å²) in [6, 6.07) is 0. The molecule has 2 N–H and O–H groups in total. The van der Waals surface area contributed by atoms with Crippen LogP contribution in [0.25, 0.3) is 11.2 Å². The zero-order chi connectivity index (χ0) is 15.9. The van der Waals surface area contributed by atoms with Crippen molar-refractivity contribution < 1.29 is 9.53 Å². The highest BCUT2D eigenvalue weighted by Crippen LogP contribution is 2.29. The van der Waals surface area contributed by atoms with Crippen molar-refractivity contribution in [1.29, 1.82) is 0 Å². The number of nitrogens with zero attached hydrogens (tertiary/aromatic N) is 3. The molecule has 8 heteroatoms. The molecule has 2 aromatic rings. The molecule has 2 atom stereocenters.